The summed E-state index contributed by atoms with van der Waals surface area (Å²) in [5, 5.41) is 0. The van der Waals surface area contributed by atoms with E-state index in [1.54, 1.807) is 0 Å². The molecule has 0 aromatic carbocycles. The molecule has 1 aliphatic rings. The van der Waals surface area contributed by atoms with E-state index in [1.807, 2.05) is 11.9 Å². The monoisotopic (exact) mass is 169 g/mol. The van der Waals surface area contributed by atoms with Crippen LogP contribution in [0.3, 0.4) is 0 Å². The fraction of sp³-hybridized carbons (Fsp3) is 0.900. The van der Waals surface area contributed by atoms with Gasteiger partial charge >= 0.3 is 0 Å². The van der Waals surface area contributed by atoms with Crippen LogP contribution in [0.25, 0.3) is 0 Å². The molecule has 1 saturated heterocycles. The molecular weight excluding hydrogens is 150 g/mol. The highest BCUT2D eigenvalue weighted by Crippen LogP contribution is 2.25. The van der Waals surface area contributed by atoms with Gasteiger partial charge in [-0.1, -0.05) is 20.3 Å². The van der Waals surface area contributed by atoms with E-state index in [0.29, 0.717) is 17.7 Å². The number of likely N-dealkylation sites (tertiary alicyclic amines) is 1. The van der Waals surface area contributed by atoms with Crippen LogP contribution in [0, 0.1) is 11.8 Å². The molecule has 1 fully saturated rings. The molecule has 12 heavy (non-hydrogen) atoms. The Morgan fingerprint density at radius 1 is 1.67 bits per heavy atom. The molecule has 0 bridgehead atoms. The molecule has 0 N–H and O–H groups in total. The van der Waals surface area contributed by atoms with E-state index < -0.39 is 0 Å². The van der Waals surface area contributed by atoms with Gasteiger partial charge in [0.05, 0.1) is 0 Å². The van der Waals surface area contributed by atoms with Crippen LogP contribution < -0.4 is 0 Å². The average Bonchev–Trinajstić information content (AvgIpc) is 2.08. The molecule has 0 aromatic rings. The zero-order chi connectivity index (χ0) is 9.14. The Labute approximate surface area is 74.9 Å². The second-order valence-corrected chi connectivity index (χ2v) is 3.89. The highest BCUT2D eigenvalue weighted by atomic mass is 16.2. The number of nitrogens with zero attached hydrogens (tertiary/aromatic N) is 1. The van der Waals surface area contributed by atoms with Crippen LogP contribution in [-0.4, -0.2) is 24.4 Å². The van der Waals surface area contributed by atoms with Crippen LogP contribution >= 0.6 is 0 Å². The third-order valence-electron chi connectivity index (χ3n) is 3.03. The summed E-state index contributed by atoms with van der Waals surface area (Å²) in [6.45, 7) is 5.29. The Bertz CT molecular complexity index is 167. The maximum Gasteiger partial charge on any atom is 0.225 e. The van der Waals surface area contributed by atoms with Crippen LogP contribution in [-0.2, 0) is 4.79 Å². The first-order valence-corrected chi connectivity index (χ1v) is 4.91. The lowest BCUT2D eigenvalue weighted by Crippen LogP contribution is -2.40. The van der Waals surface area contributed by atoms with E-state index in [1.165, 1.54) is 6.42 Å². The Morgan fingerprint density at radius 2 is 2.33 bits per heavy atom. The molecule has 1 aliphatic heterocycles. The highest BCUT2D eigenvalue weighted by molar-refractivity contribution is 5.79. The van der Waals surface area contributed by atoms with Crippen molar-refractivity contribution in [2.45, 2.75) is 33.1 Å². The fourth-order valence-electron chi connectivity index (χ4n) is 1.88. The molecule has 2 heteroatoms. The molecule has 0 aromatic heterocycles. The van der Waals surface area contributed by atoms with Crippen molar-refractivity contribution >= 4 is 5.91 Å². The number of hydrogen-bond acceptors (Lipinski definition) is 1. The largest absolute Gasteiger partial charge is 0.346 e. The van der Waals surface area contributed by atoms with E-state index in [4.69, 9.17) is 0 Å². The van der Waals surface area contributed by atoms with Gasteiger partial charge in [-0.15, -0.1) is 0 Å². The van der Waals surface area contributed by atoms with Crippen LogP contribution in [0.5, 0.6) is 0 Å². The van der Waals surface area contributed by atoms with E-state index >= 15 is 0 Å². The Morgan fingerprint density at radius 3 is 2.92 bits per heavy atom. The Hall–Kier alpha value is -0.530. The molecular formula is C10H19NO. The van der Waals surface area contributed by atoms with E-state index in [9.17, 15) is 4.79 Å². The van der Waals surface area contributed by atoms with Gasteiger partial charge in [0.25, 0.3) is 0 Å². The van der Waals surface area contributed by atoms with Crippen molar-refractivity contribution in [1.29, 1.82) is 0 Å². The summed E-state index contributed by atoms with van der Waals surface area (Å²) in [5.41, 5.74) is 0. The van der Waals surface area contributed by atoms with Crippen molar-refractivity contribution < 1.29 is 4.79 Å². The summed E-state index contributed by atoms with van der Waals surface area (Å²) in [4.78, 5) is 13.5. The van der Waals surface area contributed by atoms with Crippen LogP contribution in [0.15, 0.2) is 0 Å². The van der Waals surface area contributed by atoms with E-state index in [-0.39, 0.29) is 0 Å². The zero-order valence-electron chi connectivity index (χ0n) is 8.34. The summed E-state index contributed by atoms with van der Waals surface area (Å²) in [5.74, 6) is 1.21. The Balaban J connectivity index is 2.57. The lowest BCUT2D eigenvalue weighted by Gasteiger charge is -2.32. The van der Waals surface area contributed by atoms with Crippen molar-refractivity contribution in [3.63, 3.8) is 0 Å². The molecule has 2 atom stereocenters. The topological polar surface area (TPSA) is 20.3 Å². The molecule has 70 valence electrons. The minimum atomic E-state index is 0.300. The first-order valence-electron chi connectivity index (χ1n) is 4.91. The molecule has 2 unspecified atom stereocenters. The second-order valence-electron chi connectivity index (χ2n) is 3.89. The lowest BCUT2D eigenvalue weighted by atomic mass is 9.84. The molecule has 2 nitrogen and oxygen atoms in total. The van der Waals surface area contributed by atoms with E-state index in [0.717, 1.165) is 19.4 Å². The number of amides is 1. The maximum atomic E-state index is 11.7. The standard InChI is InChI=1S/C10H19NO/c1-4-8(2)9-6-5-7-11(3)10(9)12/h8-9H,4-7H2,1-3H3. The lowest BCUT2D eigenvalue weighted by molar-refractivity contribution is -0.138. The van der Waals surface area contributed by atoms with Gasteiger partial charge < -0.3 is 4.90 Å². The molecule has 1 amide bonds. The normalized spacial score (nSPS) is 27.4. The first kappa shape index (κ1) is 9.56. The molecule has 0 saturated carbocycles. The minimum Gasteiger partial charge on any atom is -0.346 e. The first-order chi connectivity index (χ1) is 5.66. The van der Waals surface area contributed by atoms with Crippen molar-refractivity contribution in [3.8, 4) is 0 Å². The molecule has 0 aliphatic carbocycles. The van der Waals surface area contributed by atoms with Crippen LogP contribution in [0.1, 0.15) is 33.1 Å². The SMILES string of the molecule is CCC(C)C1CCCN(C)C1=O. The van der Waals surface area contributed by atoms with Gasteiger partial charge in [0.1, 0.15) is 0 Å². The molecule has 0 spiro atoms. The summed E-state index contributed by atoms with van der Waals surface area (Å²) in [7, 11) is 1.91. The predicted molar refractivity (Wildman–Crippen MR) is 49.8 cm³/mol. The van der Waals surface area contributed by atoms with Gasteiger partial charge in [0.2, 0.25) is 5.91 Å². The van der Waals surface area contributed by atoms with Crippen LogP contribution in [0.2, 0.25) is 0 Å². The molecule has 1 heterocycles. The van der Waals surface area contributed by atoms with Gasteiger partial charge in [-0.25, -0.2) is 0 Å². The van der Waals surface area contributed by atoms with Crippen molar-refractivity contribution in [2.24, 2.45) is 11.8 Å². The van der Waals surface area contributed by atoms with Crippen molar-refractivity contribution in [3.05, 3.63) is 0 Å². The Kier molecular flexibility index (Phi) is 3.12. The zero-order valence-corrected chi connectivity index (χ0v) is 8.34. The number of carbonyl (C=O) groups excluding carboxylic acids is 1. The average molecular weight is 169 g/mol. The van der Waals surface area contributed by atoms with Crippen LogP contribution in [0.4, 0.5) is 0 Å². The number of carbonyl (C=O) groups is 1. The number of hydrogen-bond donors (Lipinski definition) is 0. The minimum absolute atomic E-state index is 0.300. The number of piperidine rings is 1. The number of rotatable bonds is 2. The van der Waals surface area contributed by atoms with Gasteiger partial charge in [-0.2, -0.15) is 0 Å². The predicted octanol–water partition coefficient (Wildman–Crippen LogP) is 1.90. The van der Waals surface area contributed by atoms with Crippen molar-refractivity contribution in [2.75, 3.05) is 13.6 Å². The van der Waals surface area contributed by atoms with Gasteiger partial charge in [0, 0.05) is 19.5 Å². The molecule has 0 radical (unpaired) electrons. The van der Waals surface area contributed by atoms with E-state index in [2.05, 4.69) is 13.8 Å². The smallest absolute Gasteiger partial charge is 0.225 e. The summed E-state index contributed by atoms with van der Waals surface area (Å²) in [6, 6.07) is 0. The van der Waals surface area contributed by atoms with Gasteiger partial charge in [-0.3, -0.25) is 4.79 Å². The van der Waals surface area contributed by atoms with Crippen molar-refractivity contribution in [1.82, 2.24) is 4.90 Å². The van der Waals surface area contributed by atoms with Gasteiger partial charge in [-0.05, 0) is 18.8 Å². The second kappa shape index (κ2) is 3.92. The summed E-state index contributed by atoms with van der Waals surface area (Å²) < 4.78 is 0. The third kappa shape index (κ3) is 1.79. The highest BCUT2D eigenvalue weighted by Gasteiger charge is 2.29. The summed E-state index contributed by atoms with van der Waals surface area (Å²) >= 11 is 0. The molecule has 1 rings (SSSR count). The summed E-state index contributed by atoms with van der Waals surface area (Å²) in [6.07, 6.45) is 3.39. The maximum absolute atomic E-state index is 11.7. The quantitative estimate of drug-likeness (QED) is 0.618. The van der Waals surface area contributed by atoms with Gasteiger partial charge in [0.15, 0.2) is 0 Å². The third-order valence-corrected chi connectivity index (χ3v) is 3.03. The fourth-order valence-corrected chi connectivity index (χ4v) is 1.88.